The fourth-order valence-electron chi connectivity index (χ4n) is 1.32. The monoisotopic (exact) mass is 149 g/mol. The second-order valence-corrected chi connectivity index (χ2v) is 2.77. The topological polar surface area (TPSA) is 12.9 Å². The molecule has 60 valence electrons. The molecule has 11 heavy (non-hydrogen) atoms. The molecule has 0 radical (unpaired) electrons. The Morgan fingerprint density at radius 2 is 2.00 bits per heavy atom. The van der Waals surface area contributed by atoms with Crippen molar-refractivity contribution in [3.05, 3.63) is 30.1 Å². The van der Waals surface area contributed by atoms with Gasteiger partial charge >= 0.3 is 0 Å². The maximum Gasteiger partial charge on any atom is 0.0434 e. The third-order valence-corrected chi connectivity index (χ3v) is 2.09. The second-order valence-electron chi connectivity index (χ2n) is 2.77. The van der Waals surface area contributed by atoms with Crippen LogP contribution in [0.1, 0.15) is 38.3 Å². The molecule has 0 amide bonds. The van der Waals surface area contributed by atoms with Crippen LogP contribution in [0.15, 0.2) is 24.4 Å². The van der Waals surface area contributed by atoms with Crippen LogP contribution in [0.4, 0.5) is 0 Å². The van der Waals surface area contributed by atoms with Crippen molar-refractivity contribution in [1.82, 2.24) is 4.98 Å². The summed E-state index contributed by atoms with van der Waals surface area (Å²) in [7, 11) is 0. The Bertz CT molecular complexity index is 189. The molecular formula is C10H15N. The van der Waals surface area contributed by atoms with Crippen molar-refractivity contribution in [2.24, 2.45) is 0 Å². The summed E-state index contributed by atoms with van der Waals surface area (Å²) in [6.45, 7) is 4.42. The number of rotatable bonds is 3. The normalized spacial score (nSPS) is 10.5. The summed E-state index contributed by atoms with van der Waals surface area (Å²) in [4.78, 5) is 4.32. The SMILES string of the molecule is CCC(CC)c1ccccn1. The fraction of sp³-hybridized carbons (Fsp3) is 0.500. The van der Waals surface area contributed by atoms with Crippen LogP contribution >= 0.6 is 0 Å². The first-order valence-electron chi connectivity index (χ1n) is 4.29. The molecular weight excluding hydrogens is 134 g/mol. The van der Waals surface area contributed by atoms with Crippen molar-refractivity contribution in [3.63, 3.8) is 0 Å². The van der Waals surface area contributed by atoms with Gasteiger partial charge in [-0.15, -0.1) is 0 Å². The van der Waals surface area contributed by atoms with Crippen LogP contribution in [0.5, 0.6) is 0 Å². The second kappa shape index (κ2) is 4.12. The lowest BCUT2D eigenvalue weighted by Crippen LogP contribution is -1.97. The third kappa shape index (κ3) is 2.04. The molecule has 0 spiro atoms. The van der Waals surface area contributed by atoms with E-state index in [0.717, 1.165) is 0 Å². The Morgan fingerprint density at radius 3 is 2.45 bits per heavy atom. The van der Waals surface area contributed by atoms with Gasteiger partial charge in [-0.05, 0) is 25.0 Å². The summed E-state index contributed by atoms with van der Waals surface area (Å²) in [5, 5.41) is 0. The highest BCUT2D eigenvalue weighted by Crippen LogP contribution is 2.19. The molecule has 0 saturated carbocycles. The molecule has 0 atom stereocenters. The van der Waals surface area contributed by atoms with Gasteiger partial charge in [0.05, 0.1) is 0 Å². The Labute approximate surface area is 68.5 Å². The van der Waals surface area contributed by atoms with Gasteiger partial charge in [0, 0.05) is 17.8 Å². The Hall–Kier alpha value is -0.850. The van der Waals surface area contributed by atoms with Crippen LogP contribution in [0.25, 0.3) is 0 Å². The van der Waals surface area contributed by atoms with Crippen molar-refractivity contribution in [2.45, 2.75) is 32.6 Å². The van der Waals surface area contributed by atoms with E-state index in [1.807, 2.05) is 12.3 Å². The molecule has 0 aliphatic rings. The number of nitrogens with zero attached hydrogens (tertiary/aromatic N) is 1. The first kappa shape index (κ1) is 8.25. The predicted molar refractivity (Wildman–Crippen MR) is 47.6 cm³/mol. The number of hydrogen-bond acceptors (Lipinski definition) is 1. The minimum atomic E-state index is 0.649. The highest BCUT2D eigenvalue weighted by Gasteiger charge is 2.05. The van der Waals surface area contributed by atoms with Gasteiger partial charge in [-0.25, -0.2) is 0 Å². The summed E-state index contributed by atoms with van der Waals surface area (Å²) in [6.07, 6.45) is 4.24. The lowest BCUT2D eigenvalue weighted by Gasteiger charge is -2.09. The first-order chi connectivity index (χ1) is 5.38. The number of hydrogen-bond donors (Lipinski definition) is 0. The van der Waals surface area contributed by atoms with Gasteiger partial charge in [-0.3, -0.25) is 4.98 Å². The zero-order chi connectivity index (χ0) is 8.10. The van der Waals surface area contributed by atoms with Gasteiger partial charge in [0.25, 0.3) is 0 Å². The average molecular weight is 149 g/mol. The van der Waals surface area contributed by atoms with Crippen LogP contribution < -0.4 is 0 Å². The molecule has 0 aliphatic heterocycles. The Balaban J connectivity index is 2.74. The van der Waals surface area contributed by atoms with Gasteiger partial charge in [-0.1, -0.05) is 19.9 Å². The van der Waals surface area contributed by atoms with Crippen LogP contribution in [0, 0.1) is 0 Å². The van der Waals surface area contributed by atoms with E-state index in [1.54, 1.807) is 0 Å². The quantitative estimate of drug-likeness (QED) is 0.643. The predicted octanol–water partition coefficient (Wildman–Crippen LogP) is 2.99. The molecule has 0 saturated heterocycles. The van der Waals surface area contributed by atoms with E-state index >= 15 is 0 Å². The maximum absolute atomic E-state index is 4.32. The number of aromatic nitrogens is 1. The van der Waals surface area contributed by atoms with E-state index in [2.05, 4.69) is 31.0 Å². The summed E-state index contributed by atoms with van der Waals surface area (Å²) in [6, 6.07) is 6.13. The van der Waals surface area contributed by atoms with Gasteiger partial charge in [0.2, 0.25) is 0 Å². The first-order valence-corrected chi connectivity index (χ1v) is 4.29. The van der Waals surface area contributed by atoms with Crippen molar-refractivity contribution in [2.75, 3.05) is 0 Å². The maximum atomic E-state index is 4.32. The van der Waals surface area contributed by atoms with E-state index in [1.165, 1.54) is 18.5 Å². The molecule has 0 unspecified atom stereocenters. The van der Waals surface area contributed by atoms with Gasteiger partial charge in [0.15, 0.2) is 0 Å². The van der Waals surface area contributed by atoms with Crippen molar-refractivity contribution < 1.29 is 0 Å². The Morgan fingerprint density at radius 1 is 1.27 bits per heavy atom. The highest BCUT2D eigenvalue weighted by atomic mass is 14.7. The fourth-order valence-corrected chi connectivity index (χ4v) is 1.32. The van der Waals surface area contributed by atoms with E-state index in [-0.39, 0.29) is 0 Å². The minimum Gasteiger partial charge on any atom is -0.261 e. The summed E-state index contributed by atoms with van der Waals surface area (Å²) in [5.74, 6) is 0.649. The van der Waals surface area contributed by atoms with Crippen LogP contribution in [-0.4, -0.2) is 4.98 Å². The molecule has 0 N–H and O–H groups in total. The lowest BCUT2D eigenvalue weighted by atomic mass is 9.99. The van der Waals surface area contributed by atoms with Crippen molar-refractivity contribution in [3.8, 4) is 0 Å². The molecule has 0 aliphatic carbocycles. The lowest BCUT2D eigenvalue weighted by molar-refractivity contribution is 0.623. The van der Waals surface area contributed by atoms with E-state index < -0.39 is 0 Å². The molecule has 1 aromatic rings. The largest absolute Gasteiger partial charge is 0.261 e. The molecule has 0 aromatic carbocycles. The average Bonchev–Trinajstić information content (AvgIpc) is 2.09. The number of pyridine rings is 1. The standard InChI is InChI=1S/C10H15N/c1-3-9(4-2)10-7-5-6-8-11-10/h5-9H,3-4H2,1-2H3. The zero-order valence-corrected chi connectivity index (χ0v) is 7.25. The van der Waals surface area contributed by atoms with Crippen molar-refractivity contribution >= 4 is 0 Å². The third-order valence-electron chi connectivity index (χ3n) is 2.09. The molecule has 1 heterocycles. The minimum absolute atomic E-state index is 0.649. The molecule has 1 aromatic heterocycles. The molecule has 1 heteroatoms. The summed E-state index contributed by atoms with van der Waals surface area (Å²) >= 11 is 0. The molecule has 1 rings (SSSR count). The van der Waals surface area contributed by atoms with Crippen LogP contribution in [0.2, 0.25) is 0 Å². The summed E-state index contributed by atoms with van der Waals surface area (Å²) < 4.78 is 0. The van der Waals surface area contributed by atoms with Gasteiger partial charge in [-0.2, -0.15) is 0 Å². The smallest absolute Gasteiger partial charge is 0.0434 e. The van der Waals surface area contributed by atoms with E-state index in [4.69, 9.17) is 0 Å². The summed E-state index contributed by atoms with van der Waals surface area (Å²) in [5.41, 5.74) is 1.23. The van der Waals surface area contributed by atoms with Crippen LogP contribution in [-0.2, 0) is 0 Å². The van der Waals surface area contributed by atoms with Gasteiger partial charge < -0.3 is 0 Å². The molecule has 1 nitrogen and oxygen atoms in total. The Kier molecular flexibility index (Phi) is 3.09. The molecule has 0 fully saturated rings. The highest BCUT2D eigenvalue weighted by molar-refractivity contribution is 5.08. The van der Waals surface area contributed by atoms with Crippen LogP contribution in [0.3, 0.4) is 0 Å². The van der Waals surface area contributed by atoms with Crippen molar-refractivity contribution in [1.29, 1.82) is 0 Å². The van der Waals surface area contributed by atoms with E-state index in [9.17, 15) is 0 Å². The van der Waals surface area contributed by atoms with E-state index in [0.29, 0.717) is 5.92 Å². The van der Waals surface area contributed by atoms with Gasteiger partial charge in [0.1, 0.15) is 0 Å². The molecule has 0 bridgehead atoms. The zero-order valence-electron chi connectivity index (χ0n) is 7.25.